The number of carbonyl (C=O) groups excluding carboxylic acids is 2. The van der Waals surface area contributed by atoms with E-state index in [0.29, 0.717) is 25.9 Å². The summed E-state index contributed by atoms with van der Waals surface area (Å²) in [5.74, 6) is -0.337. The molecule has 4 nitrogen and oxygen atoms in total. The van der Waals surface area contributed by atoms with Crippen molar-refractivity contribution in [2.75, 3.05) is 11.4 Å². The standard InChI is InChI=1S/C21H22N2O2/c1-2-15-22-19(24)21(13-14-21)20(25)23(18-11-7-4-8-12-18)16-17-9-5-3-6-10-17/h2-12H,1,13-16H2,(H,22,24). The molecular formula is C21H22N2O2. The second-order valence-corrected chi connectivity index (χ2v) is 6.29. The highest BCUT2D eigenvalue weighted by molar-refractivity contribution is 6.14. The van der Waals surface area contributed by atoms with Gasteiger partial charge in [0.1, 0.15) is 5.41 Å². The molecule has 1 saturated carbocycles. The Morgan fingerprint density at radius 3 is 2.20 bits per heavy atom. The number of benzene rings is 2. The number of carbonyl (C=O) groups is 2. The summed E-state index contributed by atoms with van der Waals surface area (Å²) in [4.78, 5) is 27.5. The Bertz CT molecular complexity index is 752. The second kappa shape index (κ2) is 7.34. The summed E-state index contributed by atoms with van der Waals surface area (Å²) in [5, 5.41) is 2.78. The first-order valence-electron chi connectivity index (χ1n) is 8.47. The minimum absolute atomic E-state index is 0.135. The lowest BCUT2D eigenvalue weighted by atomic mass is 10.0. The van der Waals surface area contributed by atoms with E-state index in [2.05, 4.69) is 11.9 Å². The lowest BCUT2D eigenvalue weighted by Gasteiger charge is -2.27. The Labute approximate surface area is 148 Å². The highest BCUT2D eigenvalue weighted by atomic mass is 16.2. The Morgan fingerprint density at radius 1 is 1.04 bits per heavy atom. The van der Waals surface area contributed by atoms with E-state index in [1.165, 1.54) is 0 Å². The molecule has 2 aromatic rings. The van der Waals surface area contributed by atoms with Crippen LogP contribution in [0.1, 0.15) is 18.4 Å². The van der Waals surface area contributed by atoms with Gasteiger partial charge >= 0.3 is 0 Å². The van der Waals surface area contributed by atoms with Crippen molar-refractivity contribution in [3.63, 3.8) is 0 Å². The molecule has 0 bridgehead atoms. The van der Waals surface area contributed by atoms with Gasteiger partial charge in [-0.1, -0.05) is 54.6 Å². The third-order valence-corrected chi connectivity index (χ3v) is 4.50. The van der Waals surface area contributed by atoms with Gasteiger partial charge in [-0.2, -0.15) is 0 Å². The molecule has 2 amide bonds. The van der Waals surface area contributed by atoms with Gasteiger partial charge in [0.2, 0.25) is 11.8 Å². The molecule has 0 heterocycles. The van der Waals surface area contributed by atoms with Crippen molar-refractivity contribution in [3.05, 3.63) is 78.9 Å². The zero-order chi connectivity index (χ0) is 17.7. The van der Waals surface area contributed by atoms with E-state index in [1.54, 1.807) is 11.0 Å². The van der Waals surface area contributed by atoms with E-state index in [1.807, 2.05) is 60.7 Å². The second-order valence-electron chi connectivity index (χ2n) is 6.29. The van der Waals surface area contributed by atoms with E-state index >= 15 is 0 Å². The molecular weight excluding hydrogens is 312 g/mol. The van der Waals surface area contributed by atoms with Gasteiger partial charge in [0, 0.05) is 12.2 Å². The molecule has 128 valence electrons. The number of para-hydroxylation sites is 1. The van der Waals surface area contributed by atoms with Crippen molar-refractivity contribution in [3.8, 4) is 0 Å². The number of hydrogen-bond donors (Lipinski definition) is 1. The topological polar surface area (TPSA) is 49.4 Å². The lowest BCUT2D eigenvalue weighted by Crippen LogP contribution is -2.45. The Hall–Kier alpha value is -2.88. The molecule has 0 radical (unpaired) electrons. The first-order valence-corrected chi connectivity index (χ1v) is 8.47. The zero-order valence-electron chi connectivity index (χ0n) is 14.2. The summed E-state index contributed by atoms with van der Waals surface area (Å²) in [6.07, 6.45) is 2.80. The van der Waals surface area contributed by atoms with Crippen LogP contribution in [0.4, 0.5) is 5.69 Å². The predicted octanol–water partition coefficient (Wildman–Crippen LogP) is 3.30. The molecule has 0 aliphatic heterocycles. The van der Waals surface area contributed by atoms with Crippen molar-refractivity contribution < 1.29 is 9.59 Å². The molecule has 1 aliphatic rings. The van der Waals surface area contributed by atoms with Gasteiger partial charge in [0.25, 0.3) is 0 Å². The fourth-order valence-electron chi connectivity index (χ4n) is 2.91. The van der Waals surface area contributed by atoms with Crippen molar-refractivity contribution in [1.29, 1.82) is 0 Å². The number of anilines is 1. The molecule has 2 aromatic carbocycles. The molecule has 0 saturated heterocycles. The summed E-state index contributed by atoms with van der Waals surface area (Å²) in [7, 11) is 0. The highest BCUT2D eigenvalue weighted by Crippen LogP contribution is 2.48. The van der Waals surface area contributed by atoms with Gasteiger partial charge in [-0.15, -0.1) is 6.58 Å². The third-order valence-electron chi connectivity index (χ3n) is 4.50. The van der Waals surface area contributed by atoms with E-state index in [4.69, 9.17) is 0 Å². The molecule has 25 heavy (non-hydrogen) atoms. The number of nitrogens with one attached hydrogen (secondary N) is 1. The maximum atomic E-state index is 13.3. The molecule has 1 aliphatic carbocycles. The molecule has 1 fully saturated rings. The minimum atomic E-state index is -0.937. The summed E-state index contributed by atoms with van der Waals surface area (Å²) >= 11 is 0. The number of nitrogens with zero attached hydrogens (tertiary/aromatic N) is 1. The van der Waals surface area contributed by atoms with E-state index in [9.17, 15) is 9.59 Å². The average Bonchev–Trinajstić information content (AvgIpc) is 3.47. The Morgan fingerprint density at radius 2 is 1.64 bits per heavy atom. The van der Waals surface area contributed by atoms with Crippen LogP contribution in [0, 0.1) is 5.41 Å². The summed E-state index contributed by atoms with van der Waals surface area (Å²) in [6, 6.07) is 19.3. The Kier molecular flexibility index (Phi) is 4.98. The van der Waals surface area contributed by atoms with E-state index in [-0.39, 0.29) is 11.8 Å². The van der Waals surface area contributed by atoms with Crippen molar-refractivity contribution in [2.24, 2.45) is 5.41 Å². The quantitative estimate of drug-likeness (QED) is 0.624. The minimum Gasteiger partial charge on any atom is -0.352 e. The van der Waals surface area contributed by atoms with Crippen LogP contribution in [0.15, 0.2) is 73.3 Å². The third kappa shape index (κ3) is 3.63. The first-order chi connectivity index (χ1) is 12.2. The zero-order valence-corrected chi connectivity index (χ0v) is 14.2. The maximum absolute atomic E-state index is 13.3. The first kappa shape index (κ1) is 17.0. The van der Waals surface area contributed by atoms with Gasteiger partial charge in [-0.05, 0) is 30.5 Å². The monoisotopic (exact) mass is 334 g/mol. The van der Waals surface area contributed by atoms with Crippen molar-refractivity contribution >= 4 is 17.5 Å². The smallest absolute Gasteiger partial charge is 0.242 e. The average molecular weight is 334 g/mol. The Balaban J connectivity index is 1.88. The van der Waals surface area contributed by atoms with Crippen LogP contribution in [-0.4, -0.2) is 18.4 Å². The van der Waals surface area contributed by atoms with Crippen LogP contribution in [0.3, 0.4) is 0 Å². The van der Waals surface area contributed by atoms with Crippen LogP contribution < -0.4 is 10.2 Å². The van der Waals surface area contributed by atoms with E-state index in [0.717, 1.165) is 11.3 Å². The molecule has 0 atom stereocenters. The molecule has 1 N–H and O–H groups in total. The summed E-state index contributed by atoms with van der Waals surface area (Å²) in [5.41, 5.74) is 0.898. The van der Waals surface area contributed by atoms with Crippen LogP contribution in [0.5, 0.6) is 0 Å². The number of amides is 2. The van der Waals surface area contributed by atoms with Crippen molar-refractivity contribution in [2.45, 2.75) is 19.4 Å². The van der Waals surface area contributed by atoms with Crippen LogP contribution in [-0.2, 0) is 16.1 Å². The van der Waals surface area contributed by atoms with Gasteiger partial charge in [0.05, 0.1) is 6.54 Å². The van der Waals surface area contributed by atoms with Gasteiger partial charge in [-0.3, -0.25) is 9.59 Å². The molecule has 0 unspecified atom stereocenters. The normalized spacial score (nSPS) is 14.4. The van der Waals surface area contributed by atoms with Crippen LogP contribution >= 0.6 is 0 Å². The fourth-order valence-corrected chi connectivity index (χ4v) is 2.91. The van der Waals surface area contributed by atoms with Crippen LogP contribution in [0.25, 0.3) is 0 Å². The molecule has 4 heteroatoms. The lowest BCUT2D eigenvalue weighted by molar-refractivity contribution is -0.135. The van der Waals surface area contributed by atoms with Gasteiger partial charge in [-0.25, -0.2) is 0 Å². The largest absolute Gasteiger partial charge is 0.352 e. The van der Waals surface area contributed by atoms with E-state index < -0.39 is 5.41 Å². The number of rotatable bonds is 7. The molecule has 3 rings (SSSR count). The van der Waals surface area contributed by atoms with Gasteiger partial charge in [0.15, 0.2) is 0 Å². The van der Waals surface area contributed by atoms with Crippen molar-refractivity contribution in [1.82, 2.24) is 5.32 Å². The maximum Gasteiger partial charge on any atom is 0.242 e. The molecule has 0 aromatic heterocycles. The molecule has 0 spiro atoms. The summed E-state index contributed by atoms with van der Waals surface area (Å²) < 4.78 is 0. The van der Waals surface area contributed by atoms with Gasteiger partial charge < -0.3 is 10.2 Å². The van der Waals surface area contributed by atoms with Crippen LogP contribution in [0.2, 0.25) is 0 Å². The predicted molar refractivity (Wildman–Crippen MR) is 98.9 cm³/mol. The summed E-state index contributed by atoms with van der Waals surface area (Å²) in [6.45, 7) is 4.43. The SMILES string of the molecule is C=CCNC(=O)C1(C(=O)N(Cc2ccccc2)c2ccccc2)CC1. The number of hydrogen-bond acceptors (Lipinski definition) is 2. The fraction of sp³-hybridized carbons (Fsp3) is 0.238. The highest BCUT2D eigenvalue weighted by Gasteiger charge is 2.58.